The average Bonchev–Trinajstić information content (AvgIpc) is 1.61. The maximum Gasteiger partial charge on any atom is 0.0617 e. The fourth-order valence-corrected chi connectivity index (χ4v) is 0.299. The smallest absolute Gasteiger partial charge is 0.0617 e. The van der Waals surface area contributed by atoms with E-state index in [1.807, 2.05) is 6.92 Å². The van der Waals surface area contributed by atoms with Crippen LogP contribution < -0.4 is 5.32 Å². The number of hydrogen-bond acceptors (Lipinski definition) is 1. The molecule has 0 atom stereocenters. The molecule has 0 aliphatic rings. The quantitative estimate of drug-likeness (QED) is 0.437. The van der Waals surface area contributed by atoms with Gasteiger partial charge in [0, 0.05) is 6.54 Å². The molecule has 0 aliphatic heterocycles. The highest BCUT2D eigenvalue weighted by Gasteiger charge is 1.75. The van der Waals surface area contributed by atoms with E-state index in [1.165, 1.54) is 5.49 Å². The Bertz CT molecular complexity index is 78.1. The molecule has 0 bridgehead atoms. The van der Waals surface area contributed by atoms with Gasteiger partial charge in [-0.2, -0.15) is 0 Å². The highest BCUT2D eigenvalue weighted by Crippen LogP contribution is 1.78. The van der Waals surface area contributed by atoms with Crippen molar-refractivity contribution < 1.29 is 0 Å². The fourth-order valence-electron chi connectivity index (χ4n) is 0.216. The summed E-state index contributed by atoms with van der Waals surface area (Å²) in [5.41, 5.74) is 2.59. The van der Waals surface area contributed by atoms with Gasteiger partial charge in [0.25, 0.3) is 0 Å². The highest BCUT2D eigenvalue weighted by atomic mass is 32.1. The minimum atomic E-state index is 0.795. The van der Waals surface area contributed by atoms with Gasteiger partial charge in [0.15, 0.2) is 0 Å². The minimum Gasteiger partial charge on any atom is -0.378 e. The molecule has 7 heavy (non-hydrogen) atoms. The van der Waals surface area contributed by atoms with Crippen LogP contribution in [-0.4, -0.2) is 12.0 Å². The number of nitrogens with one attached hydrogen (secondary N) is 1. The van der Waals surface area contributed by atoms with Crippen molar-refractivity contribution >= 4 is 17.7 Å². The second-order valence-electron chi connectivity index (χ2n) is 1.46. The van der Waals surface area contributed by atoms with Crippen molar-refractivity contribution in [2.75, 3.05) is 6.54 Å². The van der Waals surface area contributed by atoms with Crippen LogP contribution in [0.1, 0.15) is 6.92 Å². The van der Waals surface area contributed by atoms with Crippen molar-refractivity contribution in [2.45, 2.75) is 6.92 Å². The third-order valence-corrected chi connectivity index (χ3v) is 0.654. The molecular weight excluding hydrogens is 106 g/mol. The van der Waals surface area contributed by atoms with E-state index in [1.54, 1.807) is 0 Å². The molecule has 0 unspecified atom stereocenters. The molecule has 0 radical (unpaired) electrons. The van der Waals surface area contributed by atoms with Crippen molar-refractivity contribution in [3.63, 3.8) is 0 Å². The third-order valence-electron chi connectivity index (χ3n) is 0.487. The molecule has 1 N–H and O–H groups in total. The lowest BCUT2D eigenvalue weighted by Crippen LogP contribution is -2.10. The summed E-state index contributed by atoms with van der Waals surface area (Å²) in [5, 5.41) is 2.84. The first-order valence-corrected chi connectivity index (χ1v) is 2.56. The van der Waals surface area contributed by atoms with Gasteiger partial charge >= 0.3 is 0 Å². The van der Waals surface area contributed by atoms with Crippen LogP contribution in [0.25, 0.3) is 0 Å². The van der Waals surface area contributed by atoms with E-state index in [0.29, 0.717) is 0 Å². The van der Waals surface area contributed by atoms with Crippen LogP contribution in [-0.2, 0) is 0 Å². The van der Waals surface area contributed by atoms with E-state index in [9.17, 15) is 0 Å². The average molecular weight is 115 g/mol. The molecular formula is C5H9NS. The van der Waals surface area contributed by atoms with Crippen LogP contribution in [0.3, 0.4) is 0 Å². The van der Waals surface area contributed by atoms with Gasteiger partial charge in [-0.05, 0) is 6.92 Å². The van der Waals surface area contributed by atoms with Crippen molar-refractivity contribution in [3.8, 4) is 0 Å². The molecule has 0 amide bonds. The van der Waals surface area contributed by atoms with Crippen LogP contribution >= 0.6 is 12.2 Å². The maximum absolute atomic E-state index is 4.49. The topological polar surface area (TPSA) is 12.0 Å². The molecule has 0 spiro atoms. The summed E-state index contributed by atoms with van der Waals surface area (Å²) in [6.07, 6.45) is 0. The van der Waals surface area contributed by atoms with Crippen molar-refractivity contribution in [2.24, 2.45) is 0 Å². The first kappa shape index (κ1) is 6.63. The Morgan fingerprint density at radius 3 is 2.71 bits per heavy atom. The van der Waals surface area contributed by atoms with E-state index in [4.69, 9.17) is 0 Å². The first-order chi connectivity index (χ1) is 3.27. The standard InChI is InChI=1S/C5H9NS/c1-5(2)3-6-4-7/h4H,1,3H2,2H3,(H,6,7). The summed E-state index contributed by atoms with van der Waals surface area (Å²) in [5.74, 6) is 0. The molecule has 0 aromatic heterocycles. The van der Waals surface area contributed by atoms with Gasteiger partial charge in [0.05, 0.1) is 5.49 Å². The second kappa shape index (κ2) is 3.81. The Kier molecular flexibility index (Phi) is 3.61. The molecule has 0 saturated heterocycles. The molecule has 0 fully saturated rings. The van der Waals surface area contributed by atoms with Gasteiger partial charge in [0.1, 0.15) is 0 Å². The predicted molar refractivity (Wildman–Crippen MR) is 36.5 cm³/mol. The number of rotatable bonds is 3. The van der Waals surface area contributed by atoms with Gasteiger partial charge in [-0.15, -0.1) is 0 Å². The normalized spacial score (nSPS) is 7.57. The Hall–Kier alpha value is -0.370. The van der Waals surface area contributed by atoms with Crippen LogP contribution in [0.5, 0.6) is 0 Å². The lowest BCUT2D eigenvalue weighted by atomic mass is 10.4. The zero-order valence-electron chi connectivity index (χ0n) is 4.40. The zero-order chi connectivity index (χ0) is 5.70. The van der Waals surface area contributed by atoms with Crippen LogP contribution in [0.4, 0.5) is 0 Å². The molecule has 1 nitrogen and oxygen atoms in total. The Morgan fingerprint density at radius 1 is 2.00 bits per heavy atom. The lowest BCUT2D eigenvalue weighted by Gasteiger charge is -1.93. The van der Waals surface area contributed by atoms with Gasteiger partial charge < -0.3 is 5.32 Å². The molecule has 0 saturated carbocycles. The van der Waals surface area contributed by atoms with E-state index < -0.39 is 0 Å². The molecule has 0 aliphatic carbocycles. The summed E-state index contributed by atoms with van der Waals surface area (Å²) < 4.78 is 0. The van der Waals surface area contributed by atoms with Crippen LogP contribution in [0.15, 0.2) is 12.2 Å². The zero-order valence-corrected chi connectivity index (χ0v) is 5.22. The van der Waals surface area contributed by atoms with E-state index in [2.05, 4.69) is 24.1 Å². The summed E-state index contributed by atoms with van der Waals surface area (Å²) in [6.45, 7) is 6.41. The minimum absolute atomic E-state index is 0.795. The van der Waals surface area contributed by atoms with Gasteiger partial charge in [-0.3, -0.25) is 0 Å². The third kappa shape index (κ3) is 5.63. The van der Waals surface area contributed by atoms with Gasteiger partial charge in [-0.25, -0.2) is 0 Å². The van der Waals surface area contributed by atoms with E-state index in [0.717, 1.165) is 12.1 Å². The highest BCUT2D eigenvalue weighted by molar-refractivity contribution is 7.78. The summed E-state index contributed by atoms with van der Waals surface area (Å²) >= 11 is 4.49. The Balaban J connectivity index is 2.97. The largest absolute Gasteiger partial charge is 0.378 e. The fraction of sp³-hybridized carbons (Fsp3) is 0.400. The van der Waals surface area contributed by atoms with Gasteiger partial charge in [0.2, 0.25) is 0 Å². The molecule has 40 valence electrons. The summed E-state index contributed by atoms with van der Waals surface area (Å²) in [7, 11) is 0. The number of hydrogen-bond donors (Lipinski definition) is 1. The Morgan fingerprint density at radius 2 is 2.57 bits per heavy atom. The molecule has 0 heterocycles. The maximum atomic E-state index is 4.49. The molecule has 0 aromatic rings. The monoisotopic (exact) mass is 115 g/mol. The number of thiocarbonyl (C=S) groups is 1. The Labute approximate surface area is 49.4 Å². The molecule has 2 heteroatoms. The van der Waals surface area contributed by atoms with E-state index >= 15 is 0 Å². The van der Waals surface area contributed by atoms with Crippen molar-refractivity contribution in [1.29, 1.82) is 0 Å². The predicted octanol–water partition coefficient (Wildman–Crippen LogP) is 1.11. The first-order valence-electron chi connectivity index (χ1n) is 2.09. The van der Waals surface area contributed by atoms with Crippen molar-refractivity contribution in [3.05, 3.63) is 12.2 Å². The second-order valence-corrected chi connectivity index (χ2v) is 1.69. The SMILES string of the molecule is C=C(C)CNC=S. The van der Waals surface area contributed by atoms with Crippen molar-refractivity contribution in [1.82, 2.24) is 5.32 Å². The summed E-state index contributed by atoms with van der Waals surface area (Å²) in [6, 6.07) is 0. The molecule has 0 aromatic carbocycles. The van der Waals surface area contributed by atoms with Crippen LogP contribution in [0.2, 0.25) is 0 Å². The summed E-state index contributed by atoms with van der Waals surface area (Å²) in [4.78, 5) is 0. The molecule has 0 rings (SSSR count). The van der Waals surface area contributed by atoms with Crippen LogP contribution in [0, 0.1) is 0 Å². The lowest BCUT2D eigenvalue weighted by molar-refractivity contribution is 1.02. The van der Waals surface area contributed by atoms with E-state index in [-0.39, 0.29) is 0 Å². The van der Waals surface area contributed by atoms with Gasteiger partial charge in [-0.1, -0.05) is 24.4 Å².